The van der Waals surface area contributed by atoms with E-state index in [4.69, 9.17) is 21.3 Å². The average Bonchev–Trinajstić information content (AvgIpc) is 3.92. The van der Waals surface area contributed by atoms with Gasteiger partial charge in [0.05, 0.1) is 23.8 Å². The first kappa shape index (κ1) is 34.9. The summed E-state index contributed by atoms with van der Waals surface area (Å²) in [6.07, 6.45) is 11.3. The molecule has 1 amide bonds. The topological polar surface area (TPSA) is 77.7 Å². The van der Waals surface area contributed by atoms with E-state index in [0.717, 1.165) is 45.2 Å². The SMILES string of the molecule is CN1CCCC1/C=C/C(=O)N1CCC(/C=[N+](/C)c2nc(OC[C@@]34CCCN3C[C@H](F)C4)nc3c(F)c(-c4cccc5ccc(F)c(Cl)c45)ncc23)C1. The Bertz CT molecular complexity index is 2110. The molecule has 0 aliphatic carbocycles. The van der Waals surface area contributed by atoms with Crippen molar-refractivity contribution in [2.45, 2.75) is 56.3 Å². The van der Waals surface area contributed by atoms with Gasteiger partial charge in [-0.3, -0.25) is 19.6 Å². The van der Waals surface area contributed by atoms with Gasteiger partial charge >= 0.3 is 11.8 Å². The minimum absolute atomic E-state index is 0.00277. The van der Waals surface area contributed by atoms with E-state index in [9.17, 15) is 13.6 Å². The molecule has 2 aromatic carbocycles. The summed E-state index contributed by atoms with van der Waals surface area (Å²) in [5, 5.41) is 1.22. The third-order valence-corrected chi connectivity index (χ3v) is 11.8. The van der Waals surface area contributed by atoms with Crippen LogP contribution in [0.2, 0.25) is 5.02 Å². The van der Waals surface area contributed by atoms with Crippen LogP contribution in [0.25, 0.3) is 32.9 Å². The van der Waals surface area contributed by atoms with Crippen LogP contribution in [0.15, 0.2) is 48.7 Å². The van der Waals surface area contributed by atoms with Crippen LogP contribution < -0.4 is 4.74 Å². The van der Waals surface area contributed by atoms with Crippen molar-refractivity contribution in [3.05, 3.63) is 65.3 Å². The fourth-order valence-electron chi connectivity index (χ4n) is 8.67. The Morgan fingerprint density at radius 3 is 2.81 bits per heavy atom. The Morgan fingerprint density at radius 2 is 1.98 bits per heavy atom. The maximum absolute atomic E-state index is 16.8. The number of hydrogen-bond donors (Lipinski definition) is 0. The van der Waals surface area contributed by atoms with E-state index in [1.54, 1.807) is 30.3 Å². The van der Waals surface area contributed by atoms with Crippen molar-refractivity contribution in [1.82, 2.24) is 29.7 Å². The molecule has 272 valence electrons. The first-order chi connectivity index (χ1) is 25.1. The lowest BCUT2D eigenvalue weighted by atomic mass is 9.95. The molecule has 4 fully saturated rings. The number of alkyl halides is 1. The number of pyridine rings is 1. The normalized spacial score (nSPS) is 25.7. The number of halogens is 4. The van der Waals surface area contributed by atoms with Crippen LogP contribution in [0.5, 0.6) is 6.01 Å². The van der Waals surface area contributed by atoms with Crippen molar-refractivity contribution in [2.24, 2.45) is 5.92 Å². The predicted molar refractivity (Wildman–Crippen MR) is 195 cm³/mol. The molecule has 13 heteroatoms. The van der Waals surface area contributed by atoms with E-state index in [2.05, 4.69) is 26.8 Å². The van der Waals surface area contributed by atoms with Crippen LogP contribution in [0.1, 0.15) is 38.5 Å². The summed E-state index contributed by atoms with van der Waals surface area (Å²) in [4.78, 5) is 33.2. The molecule has 4 aliphatic heterocycles. The van der Waals surface area contributed by atoms with Gasteiger partial charge in [0.15, 0.2) is 5.82 Å². The van der Waals surface area contributed by atoms with E-state index < -0.39 is 23.3 Å². The highest BCUT2D eigenvalue weighted by Gasteiger charge is 2.49. The molecular weight excluding hydrogens is 691 g/mol. The maximum atomic E-state index is 16.8. The molecule has 52 heavy (non-hydrogen) atoms. The van der Waals surface area contributed by atoms with Crippen molar-refractivity contribution in [3.8, 4) is 17.3 Å². The molecule has 9 nitrogen and oxygen atoms in total. The van der Waals surface area contributed by atoms with Gasteiger partial charge in [-0.25, -0.2) is 17.7 Å². The zero-order chi connectivity index (χ0) is 36.1. The van der Waals surface area contributed by atoms with Crippen LogP contribution in [0.4, 0.5) is 19.0 Å². The number of ether oxygens (including phenoxy) is 1. The summed E-state index contributed by atoms with van der Waals surface area (Å²) >= 11 is 6.42. The highest BCUT2D eigenvalue weighted by molar-refractivity contribution is 6.36. The van der Waals surface area contributed by atoms with Crippen molar-refractivity contribution in [1.29, 1.82) is 0 Å². The molecule has 4 saturated heterocycles. The lowest BCUT2D eigenvalue weighted by Crippen LogP contribution is -2.43. The lowest BCUT2D eigenvalue weighted by molar-refractivity contribution is -0.405. The second-order valence-corrected chi connectivity index (χ2v) is 15.2. The summed E-state index contributed by atoms with van der Waals surface area (Å²) in [6.45, 7) is 3.55. The lowest BCUT2D eigenvalue weighted by Gasteiger charge is -2.30. The van der Waals surface area contributed by atoms with Gasteiger partial charge in [0.1, 0.15) is 35.2 Å². The number of fused-ring (bicyclic) bond motifs is 3. The number of amides is 1. The zero-order valence-electron chi connectivity index (χ0n) is 29.4. The number of aromatic nitrogens is 3. The second-order valence-electron chi connectivity index (χ2n) is 14.8. The highest BCUT2D eigenvalue weighted by Crippen LogP contribution is 2.41. The van der Waals surface area contributed by atoms with Gasteiger partial charge in [-0.15, -0.1) is 0 Å². The highest BCUT2D eigenvalue weighted by atomic mass is 35.5. The molecule has 6 heterocycles. The summed E-state index contributed by atoms with van der Waals surface area (Å²) in [6, 6.07) is 8.30. The number of likely N-dealkylation sites (N-methyl/N-ethyl adjacent to an activating group) is 1. The summed E-state index contributed by atoms with van der Waals surface area (Å²) in [5.41, 5.74) is -0.182. The smallest absolute Gasteiger partial charge is 0.434 e. The summed E-state index contributed by atoms with van der Waals surface area (Å²) in [5.74, 6) is -0.939. The number of rotatable bonds is 8. The van der Waals surface area contributed by atoms with Crippen LogP contribution in [0.3, 0.4) is 0 Å². The molecule has 0 saturated carbocycles. The van der Waals surface area contributed by atoms with Gasteiger partial charge in [0.25, 0.3) is 0 Å². The molecule has 0 N–H and O–H groups in total. The largest absolute Gasteiger partial charge is 0.443 e. The van der Waals surface area contributed by atoms with Crippen molar-refractivity contribution < 1.29 is 27.3 Å². The van der Waals surface area contributed by atoms with Gasteiger partial charge in [-0.05, 0) is 63.7 Å². The molecule has 8 rings (SSSR count). The van der Waals surface area contributed by atoms with Crippen LogP contribution in [-0.4, -0.2) is 118 Å². The second kappa shape index (κ2) is 14.0. The Balaban J connectivity index is 1.14. The predicted octanol–water partition coefficient (Wildman–Crippen LogP) is 6.58. The van der Waals surface area contributed by atoms with E-state index in [1.807, 2.05) is 28.8 Å². The third kappa shape index (κ3) is 6.43. The fourth-order valence-corrected chi connectivity index (χ4v) is 8.95. The molecule has 0 spiro atoms. The van der Waals surface area contributed by atoms with E-state index >= 15 is 4.39 Å². The van der Waals surface area contributed by atoms with Gasteiger partial charge in [-0.1, -0.05) is 41.9 Å². The number of likely N-dealkylation sites (tertiary alicyclic amines) is 2. The third-order valence-electron chi connectivity index (χ3n) is 11.4. The van der Waals surface area contributed by atoms with Crippen LogP contribution in [0, 0.1) is 17.6 Å². The molecule has 0 bridgehead atoms. The molecule has 4 atom stereocenters. The van der Waals surface area contributed by atoms with Gasteiger partial charge < -0.3 is 9.64 Å². The number of hydrogen-bond acceptors (Lipinski definition) is 7. The van der Waals surface area contributed by atoms with Gasteiger partial charge in [0, 0.05) is 66.2 Å². The number of carbonyl (C=O) groups is 1. The Labute approximate surface area is 305 Å². The Kier molecular flexibility index (Phi) is 9.42. The van der Waals surface area contributed by atoms with E-state index in [0.29, 0.717) is 59.6 Å². The van der Waals surface area contributed by atoms with Crippen molar-refractivity contribution in [2.75, 3.05) is 53.4 Å². The quantitative estimate of drug-likeness (QED) is 0.115. The molecule has 0 radical (unpaired) electrons. The minimum atomic E-state index is -0.932. The minimum Gasteiger partial charge on any atom is -0.443 e. The first-order valence-corrected chi connectivity index (χ1v) is 18.5. The average molecular weight is 733 g/mol. The van der Waals surface area contributed by atoms with Crippen LogP contribution >= 0.6 is 11.6 Å². The Hall–Kier alpha value is -4.13. The van der Waals surface area contributed by atoms with E-state index in [-0.39, 0.29) is 40.7 Å². The van der Waals surface area contributed by atoms with Crippen molar-refractivity contribution >= 4 is 51.2 Å². The number of carbonyl (C=O) groups excluding carboxylic acids is 1. The van der Waals surface area contributed by atoms with Gasteiger partial charge in [0.2, 0.25) is 5.91 Å². The zero-order valence-corrected chi connectivity index (χ0v) is 30.1. The molecular formula is C39H42ClF3N7O2+. The summed E-state index contributed by atoms with van der Waals surface area (Å²) < 4.78 is 54.1. The number of benzene rings is 2. The Morgan fingerprint density at radius 1 is 1.12 bits per heavy atom. The van der Waals surface area contributed by atoms with Crippen molar-refractivity contribution in [3.63, 3.8) is 0 Å². The van der Waals surface area contributed by atoms with E-state index in [1.165, 1.54) is 12.3 Å². The first-order valence-electron chi connectivity index (χ1n) is 18.1. The van der Waals surface area contributed by atoms with Gasteiger partial charge in [-0.2, -0.15) is 4.98 Å². The summed E-state index contributed by atoms with van der Waals surface area (Å²) in [7, 11) is 3.91. The molecule has 4 aliphatic rings. The standard InChI is InChI=1S/C39H42ClF3N7O2/c1-47-15-4-7-27(47)10-12-31(51)49-17-13-24(21-49)20-48(2)37-29-19-44-35(28-8-3-6-25-9-11-30(42)33(40)32(25)28)34(43)36(29)45-38(46-37)52-23-39-14-5-16-50(39)22-26(41)18-39/h3,6,8-12,19-20,24,26-27H,4-5,7,13-18,21-23H2,1-2H3/q+1/b12-10+,48-20-/t24?,26-,27?,39+/m1/s1. The monoisotopic (exact) mass is 732 g/mol. The molecule has 2 aromatic heterocycles. The fraction of sp³-hybridized carbons (Fsp3) is 0.462. The molecule has 2 unspecified atom stereocenters. The number of nitrogens with zero attached hydrogens (tertiary/aromatic N) is 7. The maximum Gasteiger partial charge on any atom is 0.434 e. The molecule has 4 aromatic rings. The van der Waals surface area contributed by atoms with Crippen LogP contribution in [-0.2, 0) is 4.79 Å².